The standard InChI is InChI=1S/C19H26ClN5OS.HI/c1-21-19(23-15-7-4-8-16(12-15)27-2)22-10-9-17-24-18(25-26-17)13-5-3-6-14(20)11-13;/h3,5-6,11,15-16H,4,7-10,12H2,1-2H3,(H2,21,22,23);1H. The van der Waals surface area contributed by atoms with Crippen LogP contribution in [0.15, 0.2) is 33.8 Å². The molecule has 1 aliphatic carbocycles. The Labute approximate surface area is 192 Å². The smallest absolute Gasteiger partial charge is 0.228 e. The van der Waals surface area contributed by atoms with Crippen LogP contribution in [-0.4, -0.2) is 47.2 Å². The minimum absolute atomic E-state index is 0. The van der Waals surface area contributed by atoms with Gasteiger partial charge < -0.3 is 15.2 Å². The maximum atomic E-state index is 6.02. The average molecular weight is 536 g/mol. The molecule has 2 aromatic rings. The highest BCUT2D eigenvalue weighted by molar-refractivity contribution is 14.0. The fourth-order valence-corrected chi connectivity index (χ4v) is 4.28. The van der Waals surface area contributed by atoms with Gasteiger partial charge in [-0.1, -0.05) is 35.3 Å². The molecule has 0 bridgehead atoms. The third kappa shape index (κ3) is 6.81. The summed E-state index contributed by atoms with van der Waals surface area (Å²) in [6, 6.07) is 7.92. The van der Waals surface area contributed by atoms with E-state index in [9.17, 15) is 0 Å². The minimum Gasteiger partial charge on any atom is -0.356 e. The van der Waals surface area contributed by atoms with Crippen molar-refractivity contribution >= 4 is 53.3 Å². The molecule has 1 saturated carbocycles. The van der Waals surface area contributed by atoms with Crippen molar-refractivity contribution in [1.82, 2.24) is 20.8 Å². The maximum Gasteiger partial charge on any atom is 0.228 e. The number of guanidine groups is 1. The van der Waals surface area contributed by atoms with Gasteiger partial charge in [0.05, 0.1) is 0 Å². The van der Waals surface area contributed by atoms with E-state index in [1.54, 1.807) is 7.05 Å². The summed E-state index contributed by atoms with van der Waals surface area (Å²) in [5.74, 6) is 1.98. The van der Waals surface area contributed by atoms with Gasteiger partial charge in [-0.15, -0.1) is 24.0 Å². The van der Waals surface area contributed by atoms with Crippen LogP contribution < -0.4 is 10.6 Å². The third-order valence-corrected chi connectivity index (χ3v) is 6.04. The number of hydrogen-bond donors (Lipinski definition) is 2. The number of rotatable bonds is 6. The van der Waals surface area contributed by atoms with Crippen molar-refractivity contribution in [1.29, 1.82) is 0 Å². The SMILES string of the molecule is CN=C(NCCc1nc(-c2cccc(Cl)c2)no1)NC1CCCC(SC)C1.I. The van der Waals surface area contributed by atoms with Crippen LogP contribution in [0.5, 0.6) is 0 Å². The number of aromatic nitrogens is 2. The van der Waals surface area contributed by atoms with Crippen LogP contribution in [0.4, 0.5) is 0 Å². The van der Waals surface area contributed by atoms with Gasteiger partial charge in [0.15, 0.2) is 5.96 Å². The quantitative estimate of drug-likeness (QED) is 0.325. The molecule has 1 aromatic carbocycles. The monoisotopic (exact) mass is 535 g/mol. The molecule has 154 valence electrons. The first-order valence-corrected chi connectivity index (χ1v) is 10.9. The molecule has 2 unspecified atom stereocenters. The van der Waals surface area contributed by atoms with Gasteiger partial charge in [-0.05, 0) is 37.7 Å². The number of nitrogens with zero attached hydrogens (tertiary/aromatic N) is 3. The lowest BCUT2D eigenvalue weighted by Crippen LogP contribution is -2.46. The second kappa shape index (κ2) is 11.9. The van der Waals surface area contributed by atoms with Crippen LogP contribution in [0.3, 0.4) is 0 Å². The molecule has 3 rings (SSSR count). The fourth-order valence-electron chi connectivity index (χ4n) is 3.27. The Hall–Kier alpha value is -1.000. The molecule has 1 aliphatic rings. The maximum absolute atomic E-state index is 6.02. The molecular weight excluding hydrogens is 509 g/mol. The van der Waals surface area contributed by atoms with Gasteiger partial charge in [-0.3, -0.25) is 4.99 Å². The van der Waals surface area contributed by atoms with Gasteiger partial charge in [0, 0.05) is 41.9 Å². The summed E-state index contributed by atoms with van der Waals surface area (Å²) >= 11 is 7.98. The number of nitrogens with one attached hydrogen (secondary N) is 2. The Balaban J connectivity index is 0.00000280. The van der Waals surface area contributed by atoms with Gasteiger partial charge in [0.1, 0.15) is 0 Å². The third-order valence-electron chi connectivity index (χ3n) is 4.71. The van der Waals surface area contributed by atoms with Crippen LogP contribution in [0, 0.1) is 0 Å². The van der Waals surface area contributed by atoms with Crippen molar-refractivity contribution in [2.24, 2.45) is 4.99 Å². The topological polar surface area (TPSA) is 75.3 Å². The van der Waals surface area contributed by atoms with Crippen LogP contribution in [0.1, 0.15) is 31.6 Å². The van der Waals surface area contributed by atoms with E-state index in [2.05, 4.69) is 32.0 Å². The summed E-state index contributed by atoms with van der Waals surface area (Å²) in [7, 11) is 1.80. The number of aliphatic imine (C=N–C) groups is 1. The van der Waals surface area contributed by atoms with Gasteiger partial charge in [0.2, 0.25) is 11.7 Å². The van der Waals surface area contributed by atoms with Crippen molar-refractivity contribution in [3.63, 3.8) is 0 Å². The van der Waals surface area contributed by atoms with E-state index in [1.807, 2.05) is 36.0 Å². The highest BCUT2D eigenvalue weighted by Crippen LogP contribution is 2.26. The van der Waals surface area contributed by atoms with E-state index < -0.39 is 0 Å². The second-order valence-electron chi connectivity index (χ2n) is 6.64. The summed E-state index contributed by atoms with van der Waals surface area (Å²) < 4.78 is 5.35. The largest absolute Gasteiger partial charge is 0.356 e. The molecule has 6 nitrogen and oxygen atoms in total. The lowest BCUT2D eigenvalue weighted by molar-refractivity contribution is 0.378. The molecule has 1 fully saturated rings. The van der Waals surface area contributed by atoms with Gasteiger partial charge in [-0.2, -0.15) is 16.7 Å². The molecule has 0 aliphatic heterocycles. The van der Waals surface area contributed by atoms with Crippen molar-refractivity contribution in [3.05, 3.63) is 35.2 Å². The molecule has 2 N–H and O–H groups in total. The second-order valence-corrected chi connectivity index (χ2v) is 8.21. The van der Waals surface area contributed by atoms with Gasteiger partial charge >= 0.3 is 0 Å². The highest BCUT2D eigenvalue weighted by Gasteiger charge is 2.21. The number of halogens is 2. The molecule has 0 radical (unpaired) electrons. The Kier molecular flexibility index (Phi) is 9.87. The van der Waals surface area contributed by atoms with Crippen molar-refractivity contribution in [3.8, 4) is 11.4 Å². The van der Waals surface area contributed by atoms with Gasteiger partial charge in [0.25, 0.3) is 0 Å². The molecule has 2 atom stereocenters. The minimum atomic E-state index is 0. The van der Waals surface area contributed by atoms with Crippen LogP contribution in [-0.2, 0) is 6.42 Å². The molecule has 9 heteroatoms. The Morgan fingerprint density at radius 2 is 2.25 bits per heavy atom. The summed E-state index contributed by atoms with van der Waals surface area (Å²) in [4.78, 5) is 8.77. The van der Waals surface area contributed by atoms with Crippen LogP contribution in [0.25, 0.3) is 11.4 Å². The van der Waals surface area contributed by atoms with Crippen molar-refractivity contribution in [2.75, 3.05) is 19.8 Å². The zero-order chi connectivity index (χ0) is 19.1. The van der Waals surface area contributed by atoms with Gasteiger partial charge in [-0.25, -0.2) is 0 Å². The average Bonchev–Trinajstić information content (AvgIpc) is 3.16. The van der Waals surface area contributed by atoms with Crippen LogP contribution >= 0.6 is 47.3 Å². The molecule has 0 spiro atoms. The lowest BCUT2D eigenvalue weighted by atomic mass is 9.95. The van der Waals surface area contributed by atoms with Crippen molar-refractivity contribution in [2.45, 2.75) is 43.4 Å². The van der Waals surface area contributed by atoms with E-state index >= 15 is 0 Å². The molecular formula is C19H27ClIN5OS. The Bertz CT molecular complexity index is 772. The highest BCUT2D eigenvalue weighted by atomic mass is 127. The number of hydrogen-bond acceptors (Lipinski definition) is 5. The first kappa shape index (κ1) is 23.3. The molecule has 0 amide bonds. The van der Waals surface area contributed by atoms with Crippen LogP contribution in [0.2, 0.25) is 5.02 Å². The molecule has 28 heavy (non-hydrogen) atoms. The Morgan fingerprint density at radius 1 is 1.39 bits per heavy atom. The zero-order valence-corrected chi connectivity index (χ0v) is 20.1. The van der Waals surface area contributed by atoms with E-state index in [-0.39, 0.29) is 24.0 Å². The first-order valence-electron chi connectivity index (χ1n) is 9.26. The first-order chi connectivity index (χ1) is 13.2. The van der Waals surface area contributed by atoms with E-state index in [0.717, 1.165) is 16.8 Å². The van der Waals surface area contributed by atoms with E-state index in [0.29, 0.717) is 35.7 Å². The predicted octanol–water partition coefficient (Wildman–Crippen LogP) is 4.39. The Morgan fingerprint density at radius 3 is 3.00 bits per heavy atom. The van der Waals surface area contributed by atoms with Crippen molar-refractivity contribution < 1.29 is 4.52 Å². The zero-order valence-electron chi connectivity index (χ0n) is 16.2. The lowest BCUT2D eigenvalue weighted by Gasteiger charge is -2.29. The number of benzene rings is 1. The normalized spacial score (nSPS) is 19.8. The summed E-state index contributed by atoms with van der Waals surface area (Å²) in [5.41, 5.74) is 0.851. The summed E-state index contributed by atoms with van der Waals surface area (Å²) in [5, 5.41) is 12.3. The summed E-state index contributed by atoms with van der Waals surface area (Å²) in [6.45, 7) is 0.676. The molecule has 0 saturated heterocycles. The fraction of sp³-hybridized carbons (Fsp3) is 0.526. The predicted molar refractivity (Wildman–Crippen MR) is 128 cm³/mol. The molecule has 1 aromatic heterocycles. The van der Waals surface area contributed by atoms with E-state index in [1.165, 1.54) is 25.7 Å². The summed E-state index contributed by atoms with van der Waals surface area (Å²) in [6.07, 6.45) is 7.80. The number of thioether (sulfide) groups is 1. The van der Waals surface area contributed by atoms with E-state index in [4.69, 9.17) is 16.1 Å². The molecule has 1 heterocycles.